The van der Waals surface area contributed by atoms with Crippen molar-refractivity contribution >= 4 is 0 Å². The van der Waals surface area contributed by atoms with Gasteiger partial charge in [-0.1, -0.05) is 0 Å². The van der Waals surface area contributed by atoms with Crippen LogP contribution in [0, 0.1) is 0 Å². The zero-order valence-corrected chi connectivity index (χ0v) is 19.2. The van der Waals surface area contributed by atoms with Gasteiger partial charge < -0.3 is 64.2 Å². The molecule has 0 aromatic heterocycles. The molecule has 0 saturated carbocycles. The van der Waals surface area contributed by atoms with E-state index in [1.165, 1.54) is 28.1 Å². The Labute approximate surface area is 192 Å². The fourth-order valence-electron chi connectivity index (χ4n) is 3.91. The molecule has 0 bridgehead atoms. The molecule has 196 valence electrons. The van der Waals surface area contributed by atoms with Gasteiger partial charge in [0.2, 0.25) is 0 Å². The van der Waals surface area contributed by atoms with Crippen molar-refractivity contribution in [2.24, 2.45) is 0 Å². The lowest BCUT2D eigenvalue weighted by Gasteiger charge is -2.46. The zero-order chi connectivity index (χ0) is 24.9. The summed E-state index contributed by atoms with van der Waals surface area (Å²) in [5.74, 6) is 0. The summed E-state index contributed by atoms with van der Waals surface area (Å²) in [5.41, 5.74) is 0. The third-order valence-corrected chi connectivity index (χ3v) is 6.03. The van der Waals surface area contributed by atoms with Crippen LogP contribution in [0.25, 0.3) is 0 Å². The van der Waals surface area contributed by atoms with E-state index in [4.69, 9.17) is 28.4 Å². The fourth-order valence-corrected chi connectivity index (χ4v) is 3.91. The highest BCUT2D eigenvalue weighted by atomic mass is 16.8. The lowest BCUT2D eigenvalue weighted by Crippen LogP contribution is -2.62. The van der Waals surface area contributed by atoms with Crippen LogP contribution in [0.5, 0.6) is 0 Å². The maximum Gasteiger partial charge on any atom is 0.187 e. The molecule has 33 heavy (non-hydrogen) atoms. The molecular weight excluding hydrogens is 448 g/mol. The van der Waals surface area contributed by atoms with Crippen molar-refractivity contribution < 1.29 is 64.2 Å². The molecule has 0 aromatic carbocycles. The molecule has 12 unspecified atom stereocenters. The summed E-state index contributed by atoms with van der Waals surface area (Å²) in [6.07, 6.45) is -15.5. The zero-order valence-electron chi connectivity index (χ0n) is 19.2. The maximum atomic E-state index is 10.5. The topological polar surface area (TPSA) is 197 Å². The highest BCUT2D eigenvalue weighted by molar-refractivity contribution is 4.91. The Kier molecular flexibility index (Phi) is 11.3. The molecule has 13 nitrogen and oxygen atoms in total. The Morgan fingerprint density at radius 2 is 1.64 bits per heavy atom. The van der Waals surface area contributed by atoms with Gasteiger partial charge in [0.15, 0.2) is 12.6 Å². The lowest BCUT2D eigenvalue weighted by atomic mass is 9.98. The SMILES string of the molecule is COC(CO)C(OC1OC(CO)C[C@@H](OC)C1OC1OC(C)C(O)C(O)C1O)C(O)C(C)O. The van der Waals surface area contributed by atoms with E-state index < -0.39 is 86.3 Å². The molecule has 2 aliphatic rings. The fraction of sp³-hybridized carbons (Fsp3) is 1.00. The summed E-state index contributed by atoms with van der Waals surface area (Å²) < 4.78 is 33.7. The molecule has 2 saturated heterocycles. The molecular formula is C20H38O13. The first-order chi connectivity index (χ1) is 15.6. The first kappa shape index (κ1) is 28.7. The highest BCUT2D eigenvalue weighted by Gasteiger charge is 2.49. The van der Waals surface area contributed by atoms with Crippen LogP contribution in [0.3, 0.4) is 0 Å². The Morgan fingerprint density at radius 1 is 0.970 bits per heavy atom. The Bertz CT molecular complexity index is 560. The minimum Gasteiger partial charge on any atom is -0.394 e. The second-order valence-corrected chi connectivity index (χ2v) is 8.39. The van der Waals surface area contributed by atoms with E-state index in [1.807, 2.05) is 0 Å². The van der Waals surface area contributed by atoms with Crippen LogP contribution < -0.4 is 0 Å². The van der Waals surface area contributed by atoms with E-state index in [0.29, 0.717) is 0 Å². The molecule has 0 amide bonds. The quantitative estimate of drug-likeness (QED) is 0.152. The predicted octanol–water partition coefficient (Wildman–Crippen LogP) is -3.54. The molecule has 0 aromatic rings. The first-order valence-corrected chi connectivity index (χ1v) is 10.9. The predicted molar refractivity (Wildman–Crippen MR) is 109 cm³/mol. The van der Waals surface area contributed by atoms with Crippen molar-refractivity contribution in [3.05, 3.63) is 0 Å². The number of methoxy groups -OCH3 is 2. The van der Waals surface area contributed by atoms with Crippen LogP contribution in [0.2, 0.25) is 0 Å². The van der Waals surface area contributed by atoms with Crippen molar-refractivity contribution in [3.8, 4) is 0 Å². The maximum absolute atomic E-state index is 10.5. The molecule has 2 fully saturated rings. The largest absolute Gasteiger partial charge is 0.394 e. The minimum atomic E-state index is -1.60. The van der Waals surface area contributed by atoms with E-state index in [2.05, 4.69) is 0 Å². The molecule has 13 atom stereocenters. The number of aliphatic hydroxyl groups excluding tert-OH is 7. The Hall–Kier alpha value is -0.520. The van der Waals surface area contributed by atoms with Gasteiger partial charge >= 0.3 is 0 Å². The normalized spacial score (nSPS) is 41.4. The van der Waals surface area contributed by atoms with Gasteiger partial charge in [0.1, 0.15) is 42.7 Å². The van der Waals surface area contributed by atoms with Crippen molar-refractivity contribution in [2.75, 3.05) is 27.4 Å². The van der Waals surface area contributed by atoms with Crippen LogP contribution in [-0.2, 0) is 28.4 Å². The van der Waals surface area contributed by atoms with Gasteiger partial charge in [0.25, 0.3) is 0 Å². The van der Waals surface area contributed by atoms with E-state index in [-0.39, 0.29) is 13.0 Å². The number of ether oxygens (including phenoxy) is 6. The smallest absolute Gasteiger partial charge is 0.187 e. The van der Waals surface area contributed by atoms with Crippen LogP contribution in [0.4, 0.5) is 0 Å². The average molecular weight is 487 g/mol. The van der Waals surface area contributed by atoms with E-state index in [1.54, 1.807) is 0 Å². The highest BCUT2D eigenvalue weighted by Crippen LogP contribution is 2.32. The van der Waals surface area contributed by atoms with Gasteiger partial charge in [0, 0.05) is 20.6 Å². The number of rotatable bonds is 11. The molecule has 7 N–H and O–H groups in total. The minimum absolute atomic E-state index is 0.179. The Morgan fingerprint density at radius 3 is 2.15 bits per heavy atom. The van der Waals surface area contributed by atoms with Crippen LogP contribution in [0.1, 0.15) is 20.3 Å². The van der Waals surface area contributed by atoms with Gasteiger partial charge in [-0.3, -0.25) is 0 Å². The van der Waals surface area contributed by atoms with Crippen molar-refractivity contribution in [3.63, 3.8) is 0 Å². The first-order valence-electron chi connectivity index (χ1n) is 10.9. The molecule has 0 spiro atoms. The van der Waals surface area contributed by atoms with Crippen molar-refractivity contribution in [1.29, 1.82) is 0 Å². The van der Waals surface area contributed by atoms with Crippen LogP contribution in [-0.4, -0.2) is 143 Å². The number of hydrogen-bond acceptors (Lipinski definition) is 13. The number of hydrogen-bond donors (Lipinski definition) is 7. The van der Waals surface area contributed by atoms with Crippen LogP contribution in [0.15, 0.2) is 0 Å². The number of aliphatic hydroxyl groups is 7. The third-order valence-electron chi connectivity index (χ3n) is 6.03. The summed E-state index contributed by atoms with van der Waals surface area (Å²) in [4.78, 5) is 0. The van der Waals surface area contributed by atoms with Gasteiger partial charge in [-0.25, -0.2) is 0 Å². The summed E-state index contributed by atoms with van der Waals surface area (Å²) in [5, 5.41) is 70.1. The van der Waals surface area contributed by atoms with Crippen molar-refractivity contribution in [2.45, 2.75) is 100.0 Å². The van der Waals surface area contributed by atoms with Gasteiger partial charge in [-0.2, -0.15) is 0 Å². The standard InChI is InChI=1S/C20H38O13/c1-8(23)13(24)17(12(7-22)29-4)32-20-18(11(28-3)5-10(6-21)31-20)33-19-16(27)15(26)14(25)9(2)30-19/h8-27H,5-7H2,1-4H3/t8?,9?,10?,11-,12?,13?,14?,15?,16?,17?,18?,19?,20?/m1/s1. The summed E-state index contributed by atoms with van der Waals surface area (Å²) in [6.45, 7) is 1.90. The summed E-state index contributed by atoms with van der Waals surface area (Å²) in [6, 6.07) is 0. The monoisotopic (exact) mass is 486 g/mol. The molecule has 13 heteroatoms. The Balaban J connectivity index is 2.31. The van der Waals surface area contributed by atoms with Gasteiger partial charge in [0.05, 0.1) is 37.6 Å². The van der Waals surface area contributed by atoms with E-state index >= 15 is 0 Å². The summed E-state index contributed by atoms with van der Waals surface area (Å²) >= 11 is 0. The van der Waals surface area contributed by atoms with Gasteiger partial charge in [-0.05, 0) is 13.8 Å². The van der Waals surface area contributed by atoms with Crippen molar-refractivity contribution in [1.82, 2.24) is 0 Å². The second kappa shape index (κ2) is 13.0. The molecule has 2 aliphatic heterocycles. The average Bonchev–Trinajstić information content (AvgIpc) is 2.80. The summed E-state index contributed by atoms with van der Waals surface area (Å²) in [7, 11) is 2.68. The van der Waals surface area contributed by atoms with Gasteiger partial charge in [-0.15, -0.1) is 0 Å². The van der Waals surface area contributed by atoms with Crippen LogP contribution >= 0.6 is 0 Å². The molecule has 0 aliphatic carbocycles. The third kappa shape index (κ3) is 6.79. The second-order valence-electron chi connectivity index (χ2n) is 8.39. The van der Waals surface area contributed by atoms with E-state index in [0.717, 1.165) is 0 Å². The molecule has 2 rings (SSSR count). The lowest BCUT2D eigenvalue weighted by molar-refractivity contribution is -0.365. The molecule has 0 radical (unpaired) electrons. The van der Waals surface area contributed by atoms with E-state index in [9.17, 15) is 35.7 Å². The molecule has 2 heterocycles.